The van der Waals surface area contributed by atoms with Gasteiger partial charge in [0.05, 0.1) is 6.10 Å². The summed E-state index contributed by atoms with van der Waals surface area (Å²) in [4.78, 5) is 3.83. The molecule has 2 nitrogen and oxygen atoms in total. The van der Waals surface area contributed by atoms with Gasteiger partial charge in [-0.3, -0.25) is 0 Å². The first-order valence-corrected chi connectivity index (χ1v) is 5.57. The molecule has 0 saturated heterocycles. The van der Waals surface area contributed by atoms with Gasteiger partial charge in [0.25, 0.3) is 0 Å². The third kappa shape index (κ3) is 3.02. The Morgan fingerprint density at radius 1 is 1.29 bits per heavy atom. The van der Waals surface area contributed by atoms with E-state index in [1.54, 1.807) is 30.3 Å². The van der Waals surface area contributed by atoms with Crippen LogP contribution in [0.3, 0.4) is 0 Å². The van der Waals surface area contributed by atoms with E-state index in [0.29, 0.717) is 16.3 Å². The van der Waals surface area contributed by atoms with Crippen LogP contribution in [0.1, 0.15) is 17.2 Å². The van der Waals surface area contributed by atoms with E-state index in [1.165, 1.54) is 12.3 Å². The minimum atomic E-state index is -0.785. The van der Waals surface area contributed by atoms with Crippen LogP contribution in [-0.4, -0.2) is 10.1 Å². The van der Waals surface area contributed by atoms with Gasteiger partial charge in [-0.05, 0) is 29.3 Å². The van der Waals surface area contributed by atoms with Crippen molar-refractivity contribution in [3.63, 3.8) is 0 Å². The summed E-state index contributed by atoms with van der Waals surface area (Å²) in [6.07, 6.45) is 0.947. The van der Waals surface area contributed by atoms with Gasteiger partial charge in [-0.2, -0.15) is 0 Å². The molecule has 0 spiro atoms. The molecule has 1 aromatic heterocycles. The summed E-state index contributed by atoms with van der Waals surface area (Å²) in [6, 6.07) is 9.63. The van der Waals surface area contributed by atoms with Gasteiger partial charge in [0, 0.05) is 12.6 Å². The monoisotopic (exact) mass is 251 g/mol. The molecule has 17 heavy (non-hydrogen) atoms. The highest BCUT2D eigenvalue weighted by molar-refractivity contribution is 6.29. The highest BCUT2D eigenvalue weighted by Crippen LogP contribution is 2.21. The van der Waals surface area contributed by atoms with Crippen molar-refractivity contribution in [2.45, 2.75) is 12.5 Å². The SMILES string of the molecule is OC(Cc1ccccc1F)c1ccnc(Cl)c1. The second kappa shape index (κ2) is 5.25. The Hall–Kier alpha value is -1.45. The molecular formula is C13H11ClFNO. The lowest BCUT2D eigenvalue weighted by atomic mass is 10.0. The number of aliphatic hydroxyl groups is 1. The molecule has 2 rings (SSSR count). The molecule has 88 valence electrons. The number of halogens is 2. The third-order valence-corrected chi connectivity index (χ3v) is 2.71. The lowest BCUT2D eigenvalue weighted by Crippen LogP contribution is -2.03. The maximum Gasteiger partial charge on any atom is 0.129 e. The fourth-order valence-electron chi connectivity index (χ4n) is 1.61. The zero-order chi connectivity index (χ0) is 12.3. The molecule has 0 aliphatic rings. The fraction of sp³-hybridized carbons (Fsp3) is 0.154. The van der Waals surface area contributed by atoms with Crippen LogP contribution in [0.25, 0.3) is 0 Å². The van der Waals surface area contributed by atoms with Crippen molar-refractivity contribution < 1.29 is 9.50 Å². The Balaban J connectivity index is 2.17. The van der Waals surface area contributed by atoms with Crippen LogP contribution < -0.4 is 0 Å². The molecule has 1 unspecified atom stereocenters. The van der Waals surface area contributed by atoms with Crippen LogP contribution in [0.5, 0.6) is 0 Å². The number of hydrogen-bond acceptors (Lipinski definition) is 2. The first kappa shape index (κ1) is 12.0. The number of hydrogen-bond donors (Lipinski definition) is 1. The summed E-state index contributed by atoms with van der Waals surface area (Å²) >= 11 is 5.73. The van der Waals surface area contributed by atoms with E-state index >= 15 is 0 Å². The molecule has 1 N–H and O–H groups in total. The number of rotatable bonds is 3. The van der Waals surface area contributed by atoms with E-state index < -0.39 is 6.10 Å². The number of nitrogens with zero attached hydrogens (tertiary/aromatic N) is 1. The van der Waals surface area contributed by atoms with Crippen LogP contribution in [0.15, 0.2) is 42.6 Å². The van der Waals surface area contributed by atoms with Crippen molar-refractivity contribution in [3.05, 3.63) is 64.7 Å². The zero-order valence-electron chi connectivity index (χ0n) is 8.98. The van der Waals surface area contributed by atoms with Gasteiger partial charge in [0.1, 0.15) is 11.0 Å². The molecule has 1 aromatic carbocycles. The molecule has 0 bridgehead atoms. The fourth-order valence-corrected chi connectivity index (χ4v) is 1.80. The largest absolute Gasteiger partial charge is 0.388 e. The van der Waals surface area contributed by atoms with Crippen LogP contribution in [-0.2, 0) is 6.42 Å². The average molecular weight is 252 g/mol. The van der Waals surface area contributed by atoms with E-state index in [1.807, 2.05) is 0 Å². The summed E-state index contributed by atoms with van der Waals surface area (Å²) in [5.74, 6) is -0.313. The molecule has 2 aromatic rings. The van der Waals surface area contributed by atoms with Crippen LogP contribution in [0.4, 0.5) is 4.39 Å². The van der Waals surface area contributed by atoms with Gasteiger partial charge in [-0.25, -0.2) is 9.37 Å². The second-order valence-electron chi connectivity index (χ2n) is 3.72. The summed E-state index contributed by atoms with van der Waals surface area (Å²) in [7, 11) is 0. The van der Waals surface area contributed by atoms with Gasteiger partial charge in [0.2, 0.25) is 0 Å². The van der Waals surface area contributed by atoms with Gasteiger partial charge in [-0.1, -0.05) is 29.8 Å². The maximum absolute atomic E-state index is 13.4. The van der Waals surface area contributed by atoms with Crippen molar-refractivity contribution in [1.82, 2.24) is 4.98 Å². The molecule has 0 saturated carbocycles. The first-order valence-electron chi connectivity index (χ1n) is 5.20. The number of benzene rings is 1. The number of aliphatic hydroxyl groups excluding tert-OH is 1. The van der Waals surface area contributed by atoms with Gasteiger partial charge >= 0.3 is 0 Å². The summed E-state index contributed by atoms with van der Waals surface area (Å²) in [5, 5.41) is 10.3. The molecule has 0 aliphatic heterocycles. The average Bonchev–Trinajstić information content (AvgIpc) is 2.32. The van der Waals surface area contributed by atoms with Crippen molar-refractivity contribution >= 4 is 11.6 Å². The highest BCUT2D eigenvalue weighted by atomic mass is 35.5. The van der Waals surface area contributed by atoms with Crippen LogP contribution in [0.2, 0.25) is 5.15 Å². The predicted molar refractivity (Wildman–Crippen MR) is 64.3 cm³/mol. The van der Waals surface area contributed by atoms with Crippen molar-refractivity contribution in [2.24, 2.45) is 0 Å². The number of aromatic nitrogens is 1. The van der Waals surface area contributed by atoms with E-state index in [2.05, 4.69) is 4.98 Å². The molecule has 0 amide bonds. The number of pyridine rings is 1. The highest BCUT2D eigenvalue weighted by Gasteiger charge is 2.11. The van der Waals surface area contributed by atoms with Crippen molar-refractivity contribution in [1.29, 1.82) is 0 Å². The molecule has 0 radical (unpaired) electrons. The minimum Gasteiger partial charge on any atom is -0.388 e. The maximum atomic E-state index is 13.4. The minimum absolute atomic E-state index is 0.215. The quantitative estimate of drug-likeness (QED) is 0.850. The van der Waals surface area contributed by atoms with E-state index in [-0.39, 0.29) is 12.2 Å². The summed E-state index contributed by atoms with van der Waals surface area (Å²) < 4.78 is 13.4. The Bertz CT molecular complexity index is 518. The van der Waals surface area contributed by atoms with Gasteiger partial charge in [0.15, 0.2) is 0 Å². The Morgan fingerprint density at radius 3 is 2.76 bits per heavy atom. The normalized spacial score (nSPS) is 12.4. The second-order valence-corrected chi connectivity index (χ2v) is 4.11. The van der Waals surface area contributed by atoms with E-state index in [4.69, 9.17) is 11.6 Å². The Labute approximate surface area is 104 Å². The van der Waals surface area contributed by atoms with Crippen molar-refractivity contribution in [3.8, 4) is 0 Å². The third-order valence-electron chi connectivity index (χ3n) is 2.51. The summed E-state index contributed by atoms with van der Waals surface area (Å²) in [6.45, 7) is 0. The molecule has 0 fully saturated rings. The molecule has 1 atom stereocenters. The van der Waals surface area contributed by atoms with E-state index in [9.17, 15) is 9.50 Å². The Morgan fingerprint density at radius 2 is 2.06 bits per heavy atom. The smallest absolute Gasteiger partial charge is 0.129 e. The van der Waals surface area contributed by atoms with Crippen LogP contribution >= 0.6 is 11.6 Å². The first-order chi connectivity index (χ1) is 8.16. The van der Waals surface area contributed by atoms with Crippen LogP contribution in [0, 0.1) is 5.82 Å². The zero-order valence-corrected chi connectivity index (χ0v) is 9.73. The predicted octanol–water partition coefficient (Wildman–Crippen LogP) is 3.15. The molecule has 1 heterocycles. The van der Waals surface area contributed by atoms with E-state index in [0.717, 1.165) is 0 Å². The van der Waals surface area contributed by atoms with Gasteiger partial charge in [-0.15, -0.1) is 0 Å². The molecule has 0 aliphatic carbocycles. The standard InChI is InChI=1S/C13H11ClFNO/c14-13-8-10(5-6-16-13)12(17)7-9-3-1-2-4-11(9)15/h1-6,8,12,17H,7H2. The Kier molecular flexibility index (Phi) is 3.71. The molecule has 4 heteroatoms. The molecular weight excluding hydrogens is 241 g/mol. The lowest BCUT2D eigenvalue weighted by Gasteiger charge is -2.11. The summed E-state index contributed by atoms with van der Waals surface area (Å²) in [5.41, 5.74) is 1.11. The lowest BCUT2D eigenvalue weighted by molar-refractivity contribution is 0.177. The van der Waals surface area contributed by atoms with Gasteiger partial charge < -0.3 is 5.11 Å². The topological polar surface area (TPSA) is 33.1 Å². The van der Waals surface area contributed by atoms with Crippen molar-refractivity contribution in [2.75, 3.05) is 0 Å².